The molecule has 2 heterocycles. The monoisotopic (exact) mass is 347 g/mol. The molecule has 1 aromatic heterocycles. The van der Waals surface area contributed by atoms with Crippen LogP contribution in [-0.4, -0.2) is 26.7 Å². The van der Waals surface area contributed by atoms with Crippen molar-refractivity contribution < 1.29 is 0 Å². The maximum atomic E-state index is 6.06. The Bertz CT molecular complexity index is 700. The second-order valence-corrected chi connectivity index (χ2v) is 7.78. The predicted octanol–water partition coefficient (Wildman–Crippen LogP) is 4.22. The van der Waals surface area contributed by atoms with Crippen LogP contribution < -0.4 is 5.32 Å². The largest absolute Gasteiger partial charge is 0.358 e. The Morgan fingerprint density at radius 2 is 1.87 bits per heavy atom. The zero-order valence-corrected chi connectivity index (χ0v) is 15.3. The van der Waals surface area contributed by atoms with E-state index < -0.39 is 0 Å². The summed E-state index contributed by atoms with van der Waals surface area (Å²) in [6, 6.07) is 12.4. The lowest BCUT2D eigenvalue weighted by Crippen LogP contribution is -2.52. The van der Waals surface area contributed by atoms with E-state index in [-0.39, 0.29) is 11.6 Å². The van der Waals surface area contributed by atoms with Gasteiger partial charge < -0.3 is 14.8 Å². The molecular weight excluding hydrogens is 326 g/mol. The molecule has 0 radical (unpaired) electrons. The zero-order chi connectivity index (χ0) is 16.6. The number of rotatable bonds is 1. The molecule has 23 heavy (non-hydrogen) atoms. The van der Waals surface area contributed by atoms with Crippen molar-refractivity contribution in [3.05, 3.63) is 58.9 Å². The van der Waals surface area contributed by atoms with E-state index in [1.807, 2.05) is 12.1 Å². The summed E-state index contributed by atoms with van der Waals surface area (Å²) in [5, 5.41) is 4.99. The summed E-state index contributed by atoms with van der Waals surface area (Å²) in [5.74, 6) is 0. The molecule has 0 amide bonds. The van der Waals surface area contributed by atoms with Crippen LogP contribution in [0, 0.1) is 0 Å². The fourth-order valence-electron chi connectivity index (χ4n) is 2.99. The highest BCUT2D eigenvalue weighted by molar-refractivity contribution is 7.80. The van der Waals surface area contributed by atoms with Crippen molar-refractivity contribution in [1.29, 1.82) is 0 Å². The van der Waals surface area contributed by atoms with Crippen LogP contribution in [0.1, 0.15) is 38.1 Å². The Hall–Kier alpha value is -1.52. The molecule has 0 bridgehead atoms. The topological polar surface area (TPSA) is 20.2 Å². The van der Waals surface area contributed by atoms with E-state index >= 15 is 0 Å². The van der Waals surface area contributed by atoms with Gasteiger partial charge in [0, 0.05) is 35.5 Å². The molecule has 3 nitrogen and oxygen atoms in total. The minimum Gasteiger partial charge on any atom is -0.358 e. The van der Waals surface area contributed by atoms with Gasteiger partial charge in [-0.15, -0.1) is 0 Å². The molecule has 0 fully saturated rings. The number of thiocarbonyl (C=S) groups is 1. The summed E-state index contributed by atoms with van der Waals surface area (Å²) in [7, 11) is 0. The summed E-state index contributed by atoms with van der Waals surface area (Å²) in [6.07, 6.45) is 2.13. The Morgan fingerprint density at radius 1 is 1.17 bits per heavy atom. The third kappa shape index (κ3) is 3.54. The minimum absolute atomic E-state index is 0.0545. The van der Waals surface area contributed by atoms with Crippen LogP contribution in [0.5, 0.6) is 0 Å². The molecule has 0 aliphatic carbocycles. The Labute approximate surface area is 148 Å². The van der Waals surface area contributed by atoms with Gasteiger partial charge in [0.25, 0.3) is 0 Å². The van der Waals surface area contributed by atoms with E-state index in [9.17, 15) is 0 Å². The molecule has 0 spiro atoms. The first kappa shape index (κ1) is 16.3. The van der Waals surface area contributed by atoms with Gasteiger partial charge in [-0.1, -0.05) is 23.7 Å². The highest BCUT2D eigenvalue weighted by Gasteiger charge is 2.31. The first-order valence-electron chi connectivity index (χ1n) is 7.84. The summed E-state index contributed by atoms with van der Waals surface area (Å²) in [6.45, 7) is 8.21. The van der Waals surface area contributed by atoms with Gasteiger partial charge in [0.1, 0.15) is 0 Å². The van der Waals surface area contributed by atoms with Crippen molar-refractivity contribution in [2.75, 3.05) is 6.54 Å². The first-order chi connectivity index (χ1) is 10.8. The molecule has 1 aliphatic rings. The number of hydrogen-bond acceptors (Lipinski definition) is 1. The quantitative estimate of drug-likeness (QED) is 0.780. The molecule has 1 atom stereocenters. The van der Waals surface area contributed by atoms with Crippen LogP contribution in [0.2, 0.25) is 5.02 Å². The van der Waals surface area contributed by atoms with Gasteiger partial charge in [0.15, 0.2) is 5.11 Å². The maximum absolute atomic E-state index is 6.06. The summed E-state index contributed by atoms with van der Waals surface area (Å²) in [5.41, 5.74) is 2.41. The molecule has 5 heteroatoms. The zero-order valence-electron chi connectivity index (χ0n) is 13.7. The number of nitrogens with one attached hydrogen (secondary N) is 1. The third-order valence-corrected chi connectivity index (χ3v) is 4.56. The number of benzene rings is 1. The fourth-order valence-corrected chi connectivity index (χ4v) is 3.62. The number of hydrogen-bond donors (Lipinski definition) is 1. The van der Waals surface area contributed by atoms with Gasteiger partial charge in [-0.2, -0.15) is 0 Å². The molecule has 122 valence electrons. The van der Waals surface area contributed by atoms with E-state index in [0.29, 0.717) is 0 Å². The van der Waals surface area contributed by atoms with E-state index in [4.69, 9.17) is 23.8 Å². The highest BCUT2D eigenvalue weighted by Crippen LogP contribution is 2.33. The van der Waals surface area contributed by atoms with Crippen LogP contribution in [0.3, 0.4) is 0 Å². The van der Waals surface area contributed by atoms with Crippen molar-refractivity contribution in [3.63, 3.8) is 0 Å². The van der Waals surface area contributed by atoms with E-state index in [0.717, 1.165) is 23.2 Å². The molecule has 2 aromatic rings. The van der Waals surface area contributed by atoms with Crippen molar-refractivity contribution in [1.82, 2.24) is 14.8 Å². The number of fused-ring (bicyclic) bond motifs is 1. The summed E-state index contributed by atoms with van der Waals surface area (Å²) >= 11 is 11.8. The lowest BCUT2D eigenvalue weighted by atomic mass is 10.00. The number of halogens is 1. The van der Waals surface area contributed by atoms with Gasteiger partial charge in [-0.05, 0) is 62.8 Å². The highest BCUT2D eigenvalue weighted by atomic mass is 35.5. The second kappa shape index (κ2) is 6.17. The molecule has 0 saturated carbocycles. The molecule has 0 saturated heterocycles. The van der Waals surface area contributed by atoms with Gasteiger partial charge in [-0.25, -0.2) is 0 Å². The van der Waals surface area contributed by atoms with E-state index in [2.05, 4.69) is 66.0 Å². The molecule has 1 aliphatic heterocycles. The lowest BCUT2D eigenvalue weighted by molar-refractivity contribution is 0.278. The third-order valence-electron chi connectivity index (χ3n) is 3.97. The molecular formula is C18H22ClN3S. The van der Waals surface area contributed by atoms with Crippen molar-refractivity contribution in [2.24, 2.45) is 0 Å². The first-order valence-corrected chi connectivity index (χ1v) is 8.63. The van der Waals surface area contributed by atoms with Crippen LogP contribution in [0.25, 0.3) is 0 Å². The predicted molar refractivity (Wildman–Crippen MR) is 99.9 cm³/mol. The van der Waals surface area contributed by atoms with Gasteiger partial charge >= 0.3 is 0 Å². The van der Waals surface area contributed by atoms with Crippen molar-refractivity contribution in [2.45, 2.75) is 38.9 Å². The molecule has 0 unspecified atom stereocenters. The van der Waals surface area contributed by atoms with Crippen LogP contribution in [-0.2, 0) is 6.54 Å². The number of nitrogens with zero attached hydrogens (tertiary/aromatic N) is 2. The fraction of sp³-hybridized carbons (Fsp3) is 0.389. The molecule has 3 rings (SSSR count). The second-order valence-electron chi connectivity index (χ2n) is 6.95. The van der Waals surface area contributed by atoms with Gasteiger partial charge in [0.2, 0.25) is 0 Å². The van der Waals surface area contributed by atoms with Crippen LogP contribution in [0.15, 0.2) is 42.6 Å². The standard InChI is InChI=1S/C18H22ClN3S/c1-18(2,3)20-17(23)22-12-11-21-10-4-5-15(21)16(22)13-6-8-14(19)9-7-13/h4-10,16H,11-12H2,1-3H3,(H,20,23)/t16-/m0/s1. The van der Waals surface area contributed by atoms with Crippen molar-refractivity contribution >= 4 is 28.9 Å². The summed E-state index contributed by atoms with van der Waals surface area (Å²) < 4.78 is 2.30. The number of aromatic nitrogens is 1. The smallest absolute Gasteiger partial charge is 0.170 e. The lowest BCUT2D eigenvalue weighted by Gasteiger charge is -2.40. The average molecular weight is 348 g/mol. The Morgan fingerprint density at radius 3 is 2.52 bits per heavy atom. The minimum atomic E-state index is -0.0545. The normalized spacial score (nSPS) is 17.7. The van der Waals surface area contributed by atoms with E-state index in [1.165, 1.54) is 11.3 Å². The van der Waals surface area contributed by atoms with Gasteiger partial charge in [0.05, 0.1) is 6.04 Å². The SMILES string of the molecule is CC(C)(C)NC(=S)N1CCn2cccc2[C@@H]1c1ccc(Cl)cc1. The Kier molecular flexibility index (Phi) is 4.39. The van der Waals surface area contributed by atoms with Crippen LogP contribution in [0.4, 0.5) is 0 Å². The average Bonchev–Trinajstić information content (AvgIpc) is 2.93. The van der Waals surface area contributed by atoms with Crippen molar-refractivity contribution in [3.8, 4) is 0 Å². The summed E-state index contributed by atoms with van der Waals surface area (Å²) in [4.78, 5) is 2.28. The van der Waals surface area contributed by atoms with E-state index in [1.54, 1.807) is 0 Å². The van der Waals surface area contributed by atoms with Gasteiger partial charge in [-0.3, -0.25) is 0 Å². The molecule has 1 aromatic carbocycles. The molecule has 1 N–H and O–H groups in total. The Balaban J connectivity index is 1.98. The van der Waals surface area contributed by atoms with Crippen LogP contribution >= 0.6 is 23.8 Å². The maximum Gasteiger partial charge on any atom is 0.170 e.